The number of amides is 1. The zero-order valence-electron chi connectivity index (χ0n) is 18.7. The molecule has 0 atom stereocenters. The second kappa shape index (κ2) is 9.19. The summed E-state index contributed by atoms with van der Waals surface area (Å²) in [4.78, 5) is 20.0. The number of carbonyl (C=O) groups is 1. The molecule has 6 nitrogen and oxygen atoms in total. The molecule has 0 bridgehead atoms. The number of hydrogen-bond acceptors (Lipinski definition) is 5. The molecule has 170 valence electrons. The molecule has 0 N–H and O–H groups in total. The molecule has 2 aromatic heterocycles. The molecule has 4 rings (SSSR count). The summed E-state index contributed by atoms with van der Waals surface area (Å²) in [6, 6.07) is 11.5. The number of benzene rings is 1. The third-order valence-corrected chi connectivity index (χ3v) is 7.93. The fourth-order valence-corrected chi connectivity index (χ4v) is 6.05. The minimum atomic E-state index is -3.64. The molecule has 1 aliphatic rings. The van der Waals surface area contributed by atoms with Crippen LogP contribution in [0.5, 0.6) is 0 Å². The molecule has 3 aromatic rings. The summed E-state index contributed by atoms with van der Waals surface area (Å²) < 4.78 is 28.4. The van der Waals surface area contributed by atoms with Gasteiger partial charge in [0.25, 0.3) is 5.91 Å². The van der Waals surface area contributed by atoms with E-state index in [2.05, 4.69) is 18.8 Å². The van der Waals surface area contributed by atoms with Crippen LogP contribution in [0.2, 0.25) is 0 Å². The molecular weight excluding hydrogens is 442 g/mol. The number of rotatable bonds is 9. The van der Waals surface area contributed by atoms with Crippen LogP contribution in [0.1, 0.15) is 53.2 Å². The van der Waals surface area contributed by atoms with E-state index in [0.29, 0.717) is 18.0 Å². The molecule has 1 aromatic carbocycles. The number of aryl methyl sites for hydroxylation is 1. The highest BCUT2D eigenvalue weighted by Gasteiger charge is 2.35. The van der Waals surface area contributed by atoms with Crippen molar-refractivity contribution in [1.82, 2.24) is 14.5 Å². The zero-order chi connectivity index (χ0) is 22.9. The molecule has 32 heavy (non-hydrogen) atoms. The molecule has 8 heteroatoms. The third-order valence-electron chi connectivity index (χ3n) is 5.48. The van der Waals surface area contributed by atoms with Crippen LogP contribution < -0.4 is 0 Å². The summed E-state index contributed by atoms with van der Waals surface area (Å²) >= 11 is 1.43. The monoisotopic (exact) mass is 471 g/mol. The molecule has 0 aliphatic heterocycles. The smallest absolute Gasteiger partial charge is 0.264 e. The average Bonchev–Trinajstić information content (AvgIpc) is 3.25. The lowest BCUT2D eigenvalue weighted by atomic mass is 10.2. The van der Waals surface area contributed by atoms with Gasteiger partial charge in [0.15, 0.2) is 0 Å². The Labute approximate surface area is 193 Å². The Morgan fingerprint density at radius 2 is 2.03 bits per heavy atom. The molecule has 0 radical (unpaired) electrons. The second-order valence-electron chi connectivity index (χ2n) is 8.93. The topological polar surface area (TPSA) is 72.3 Å². The van der Waals surface area contributed by atoms with E-state index in [0.717, 1.165) is 29.7 Å². The van der Waals surface area contributed by atoms with Gasteiger partial charge in [0.2, 0.25) is 15.0 Å². The minimum absolute atomic E-state index is 0.00367. The molecule has 0 unspecified atom stereocenters. The molecule has 1 amide bonds. The largest absolute Gasteiger partial charge is 0.329 e. The van der Waals surface area contributed by atoms with Crippen molar-refractivity contribution in [3.63, 3.8) is 0 Å². The minimum Gasteiger partial charge on any atom is -0.329 e. The van der Waals surface area contributed by atoms with Crippen LogP contribution >= 0.6 is 11.3 Å². The SMILES string of the molecule is Cc1cccc(CS(=O)(=O)c2ncc(CN(C(=O)c3cccs3)C3CC3)n2CC(C)C)c1. The second-order valence-corrected chi connectivity index (χ2v) is 11.8. The van der Waals surface area contributed by atoms with Gasteiger partial charge in [0.05, 0.1) is 29.1 Å². The van der Waals surface area contributed by atoms with Crippen molar-refractivity contribution in [2.75, 3.05) is 0 Å². The Kier molecular flexibility index (Phi) is 6.53. The summed E-state index contributed by atoms with van der Waals surface area (Å²) in [7, 11) is -3.64. The quantitative estimate of drug-likeness (QED) is 0.454. The fourth-order valence-electron chi connectivity index (χ4n) is 3.88. The van der Waals surface area contributed by atoms with Crippen molar-refractivity contribution in [3.05, 3.63) is 69.7 Å². The standard InChI is InChI=1S/C24H29N3O3S2/c1-17(2)14-27-21(15-26(20-9-10-20)23(28)22-8-5-11-31-22)13-25-24(27)32(29,30)16-19-7-4-6-18(3)12-19/h4-8,11-13,17,20H,9-10,14-16H2,1-3H3. The zero-order valence-corrected chi connectivity index (χ0v) is 20.3. The number of carbonyl (C=O) groups excluding carboxylic acids is 1. The molecule has 1 aliphatic carbocycles. The van der Waals surface area contributed by atoms with Crippen LogP contribution in [0.4, 0.5) is 0 Å². The number of thiophene rings is 1. The van der Waals surface area contributed by atoms with E-state index in [9.17, 15) is 13.2 Å². The number of imidazole rings is 1. The van der Waals surface area contributed by atoms with Gasteiger partial charge in [-0.05, 0) is 42.7 Å². The first-order valence-corrected chi connectivity index (χ1v) is 13.4. The van der Waals surface area contributed by atoms with Gasteiger partial charge >= 0.3 is 0 Å². The number of hydrogen-bond donors (Lipinski definition) is 0. The highest BCUT2D eigenvalue weighted by Crippen LogP contribution is 2.31. The lowest BCUT2D eigenvalue weighted by Gasteiger charge is -2.23. The number of sulfone groups is 1. The maximum absolute atomic E-state index is 13.3. The van der Waals surface area contributed by atoms with E-state index in [1.54, 1.807) is 10.8 Å². The summed E-state index contributed by atoms with van der Waals surface area (Å²) in [6.45, 7) is 6.95. The van der Waals surface area contributed by atoms with E-state index in [-0.39, 0.29) is 28.8 Å². The van der Waals surface area contributed by atoms with Crippen molar-refractivity contribution in [2.45, 2.75) is 63.7 Å². The van der Waals surface area contributed by atoms with Gasteiger partial charge < -0.3 is 9.47 Å². The summed E-state index contributed by atoms with van der Waals surface area (Å²) in [6.07, 6.45) is 3.59. The average molecular weight is 472 g/mol. The molecule has 1 saturated carbocycles. The van der Waals surface area contributed by atoms with Crippen LogP contribution in [0.15, 0.2) is 53.1 Å². The van der Waals surface area contributed by atoms with Crippen LogP contribution in [0.3, 0.4) is 0 Å². The Morgan fingerprint density at radius 1 is 1.25 bits per heavy atom. The lowest BCUT2D eigenvalue weighted by Crippen LogP contribution is -2.33. The number of nitrogens with zero attached hydrogens (tertiary/aromatic N) is 3. The first kappa shape index (κ1) is 22.7. The van der Waals surface area contributed by atoms with Gasteiger partial charge in [-0.1, -0.05) is 49.7 Å². The van der Waals surface area contributed by atoms with E-state index in [1.165, 1.54) is 11.3 Å². The van der Waals surface area contributed by atoms with Crippen molar-refractivity contribution in [1.29, 1.82) is 0 Å². The predicted octanol–water partition coefficient (Wildman–Crippen LogP) is 4.69. The van der Waals surface area contributed by atoms with Gasteiger partial charge in [-0.25, -0.2) is 13.4 Å². The maximum atomic E-state index is 13.3. The molecule has 1 fully saturated rings. The van der Waals surface area contributed by atoms with Crippen LogP contribution in [0, 0.1) is 12.8 Å². The van der Waals surface area contributed by atoms with E-state index in [4.69, 9.17) is 0 Å². The van der Waals surface area contributed by atoms with Crippen LogP contribution in [-0.2, 0) is 28.7 Å². The molecule has 2 heterocycles. The van der Waals surface area contributed by atoms with E-state index >= 15 is 0 Å². The summed E-state index contributed by atoms with van der Waals surface area (Å²) in [5.74, 6) is 0.145. The van der Waals surface area contributed by atoms with Gasteiger partial charge in [-0.2, -0.15) is 0 Å². The van der Waals surface area contributed by atoms with Gasteiger partial charge in [0.1, 0.15) is 0 Å². The summed E-state index contributed by atoms with van der Waals surface area (Å²) in [5.41, 5.74) is 2.53. The van der Waals surface area contributed by atoms with E-state index < -0.39 is 9.84 Å². The van der Waals surface area contributed by atoms with Gasteiger partial charge in [-0.3, -0.25) is 4.79 Å². The molecular formula is C24H29N3O3S2. The van der Waals surface area contributed by atoms with Crippen molar-refractivity contribution in [3.8, 4) is 0 Å². The molecule has 0 spiro atoms. The first-order valence-electron chi connectivity index (χ1n) is 10.9. The van der Waals surface area contributed by atoms with E-state index in [1.807, 2.05) is 53.6 Å². The first-order chi connectivity index (χ1) is 15.2. The van der Waals surface area contributed by atoms with Crippen molar-refractivity contribution >= 4 is 27.1 Å². The Bertz CT molecular complexity index is 1190. The highest BCUT2D eigenvalue weighted by molar-refractivity contribution is 7.90. The maximum Gasteiger partial charge on any atom is 0.264 e. The lowest BCUT2D eigenvalue weighted by molar-refractivity contribution is 0.0730. The summed E-state index contributed by atoms with van der Waals surface area (Å²) in [5, 5.41) is 1.99. The fraction of sp³-hybridized carbons (Fsp3) is 0.417. The Morgan fingerprint density at radius 3 is 2.66 bits per heavy atom. The highest BCUT2D eigenvalue weighted by atomic mass is 32.2. The predicted molar refractivity (Wildman–Crippen MR) is 126 cm³/mol. The van der Waals surface area contributed by atoms with Crippen LogP contribution in [0.25, 0.3) is 0 Å². The Balaban J connectivity index is 1.65. The number of aromatic nitrogens is 2. The molecule has 0 saturated heterocycles. The third kappa shape index (κ3) is 5.13. The van der Waals surface area contributed by atoms with Crippen molar-refractivity contribution in [2.24, 2.45) is 5.92 Å². The van der Waals surface area contributed by atoms with Crippen molar-refractivity contribution < 1.29 is 13.2 Å². The Hall–Kier alpha value is -2.45. The van der Waals surface area contributed by atoms with Gasteiger partial charge in [-0.15, -0.1) is 11.3 Å². The van der Waals surface area contributed by atoms with Crippen LogP contribution in [-0.4, -0.2) is 34.8 Å². The van der Waals surface area contributed by atoms with Gasteiger partial charge in [0, 0.05) is 12.6 Å². The normalized spacial score (nSPS) is 14.1.